The number of aromatic nitrogens is 3. The zero-order valence-corrected chi connectivity index (χ0v) is 15.6. The van der Waals surface area contributed by atoms with Crippen LogP contribution < -0.4 is 0 Å². The van der Waals surface area contributed by atoms with Gasteiger partial charge in [-0.2, -0.15) is 0 Å². The maximum Gasteiger partial charge on any atom is 0.219 e. The van der Waals surface area contributed by atoms with Crippen LogP contribution in [-0.4, -0.2) is 56.8 Å². The minimum Gasteiger partial charge on any atom is -0.341 e. The standard InChI is InChI=1S/C20H27N5O/c1-3-20-22-11-18(12-23-20)14-24-8-9-25(16(2)26)15-17(13-24)10-19-6-4-5-7-21-19/h4-7,11-12,17H,3,8-10,13-15H2,1-2H3. The SMILES string of the molecule is CCc1ncc(CN2CCN(C(C)=O)CC(Cc3ccccn3)C2)cn1. The molecule has 1 atom stereocenters. The van der Waals surface area contributed by atoms with Crippen molar-refractivity contribution in [2.24, 2.45) is 5.92 Å². The summed E-state index contributed by atoms with van der Waals surface area (Å²) in [5, 5.41) is 0. The largest absolute Gasteiger partial charge is 0.341 e. The third kappa shape index (κ3) is 5.08. The fraction of sp³-hybridized carbons (Fsp3) is 0.500. The molecule has 0 bridgehead atoms. The number of hydrogen-bond donors (Lipinski definition) is 0. The van der Waals surface area contributed by atoms with Crippen molar-refractivity contribution >= 4 is 5.91 Å². The lowest BCUT2D eigenvalue weighted by atomic mass is 10.0. The van der Waals surface area contributed by atoms with Crippen LogP contribution >= 0.6 is 0 Å². The lowest BCUT2D eigenvalue weighted by molar-refractivity contribution is -0.129. The van der Waals surface area contributed by atoms with Crippen molar-refractivity contribution < 1.29 is 4.79 Å². The molecule has 138 valence electrons. The van der Waals surface area contributed by atoms with Crippen LogP contribution in [0, 0.1) is 5.92 Å². The average Bonchev–Trinajstić information content (AvgIpc) is 2.85. The summed E-state index contributed by atoms with van der Waals surface area (Å²) >= 11 is 0. The Hall–Kier alpha value is -2.34. The maximum absolute atomic E-state index is 12.0. The Morgan fingerprint density at radius 2 is 1.96 bits per heavy atom. The van der Waals surface area contributed by atoms with Crippen LogP contribution in [0.3, 0.4) is 0 Å². The molecule has 6 nitrogen and oxygen atoms in total. The second kappa shape index (κ2) is 8.85. The molecule has 1 fully saturated rings. The predicted molar refractivity (Wildman–Crippen MR) is 100 cm³/mol. The zero-order valence-electron chi connectivity index (χ0n) is 15.6. The molecule has 0 aromatic carbocycles. The van der Waals surface area contributed by atoms with Gasteiger partial charge in [0.15, 0.2) is 0 Å². The fourth-order valence-electron chi connectivity index (χ4n) is 3.46. The van der Waals surface area contributed by atoms with Gasteiger partial charge in [0.05, 0.1) is 0 Å². The number of rotatable bonds is 5. The van der Waals surface area contributed by atoms with Gasteiger partial charge >= 0.3 is 0 Å². The van der Waals surface area contributed by atoms with Crippen molar-refractivity contribution in [3.8, 4) is 0 Å². The molecule has 0 spiro atoms. The smallest absolute Gasteiger partial charge is 0.219 e. The number of pyridine rings is 1. The Bertz CT molecular complexity index is 704. The molecule has 26 heavy (non-hydrogen) atoms. The Morgan fingerprint density at radius 3 is 2.62 bits per heavy atom. The molecule has 2 aromatic rings. The maximum atomic E-state index is 12.0. The van der Waals surface area contributed by atoms with Gasteiger partial charge in [0.2, 0.25) is 5.91 Å². The first-order valence-electron chi connectivity index (χ1n) is 9.31. The summed E-state index contributed by atoms with van der Waals surface area (Å²) in [6.07, 6.45) is 7.41. The zero-order chi connectivity index (χ0) is 18.4. The molecule has 0 aliphatic carbocycles. The number of hydrogen-bond acceptors (Lipinski definition) is 5. The van der Waals surface area contributed by atoms with E-state index in [9.17, 15) is 4.79 Å². The number of carbonyl (C=O) groups is 1. The topological polar surface area (TPSA) is 62.2 Å². The molecule has 0 saturated carbocycles. The Kier molecular flexibility index (Phi) is 6.28. The van der Waals surface area contributed by atoms with Crippen molar-refractivity contribution in [2.75, 3.05) is 26.2 Å². The number of aryl methyl sites for hydroxylation is 1. The van der Waals surface area contributed by atoms with E-state index in [-0.39, 0.29) is 5.91 Å². The summed E-state index contributed by atoms with van der Waals surface area (Å²) in [4.78, 5) is 29.6. The normalized spacial score (nSPS) is 18.5. The highest BCUT2D eigenvalue weighted by Gasteiger charge is 2.24. The van der Waals surface area contributed by atoms with E-state index in [1.807, 2.05) is 35.6 Å². The van der Waals surface area contributed by atoms with Gasteiger partial charge < -0.3 is 4.90 Å². The number of nitrogens with zero attached hydrogens (tertiary/aromatic N) is 5. The highest BCUT2D eigenvalue weighted by Crippen LogP contribution is 2.16. The summed E-state index contributed by atoms with van der Waals surface area (Å²) in [5.74, 6) is 1.39. The fourth-order valence-corrected chi connectivity index (χ4v) is 3.46. The van der Waals surface area contributed by atoms with Crippen LogP contribution in [0.1, 0.15) is 30.9 Å². The first-order chi connectivity index (χ1) is 12.6. The molecular weight excluding hydrogens is 326 g/mol. The summed E-state index contributed by atoms with van der Waals surface area (Å²) in [6.45, 7) is 7.89. The van der Waals surface area contributed by atoms with E-state index in [4.69, 9.17) is 0 Å². The molecule has 3 rings (SSSR count). The van der Waals surface area contributed by atoms with Gasteiger partial charge in [-0.15, -0.1) is 0 Å². The minimum atomic E-state index is 0.147. The number of carbonyl (C=O) groups excluding carboxylic acids is 1. The Morgan fingerprint density at radius 1 is 1.15 bits per heavy atom. The highest BCUT2D eigenvalue weighted by molar-refractivity contribution is 5.73. The van der Waals surface area contributed by atoms with E-state index >= 15 is 0 Å². The molecule has 1 saturated heterocycles. The van der Waals surface area contributed by atoms with Crippen molar-refractivity contribution in [1.29, 1.82) is 0 Å². The lowest BCUT2D eigenvalue weighted by Gasteiger charge is -2.24. The van der Waals surface area contributed by atoms with Gasteiger partial charge in [-0.05, 0) is 24.5 Å². The second-order valence-corrected chi connectivity index (χ2v) is 6.95. The molecule has 0 radical (unpaired) electrons. The van der Waals surface area contributed by atoms with Crippen molar-refractivity contribution in [2.45, 2.75) is 33.2 Å². The van der Waals surface area contributed by atoms with E-state index in [1.54, 1.807) is 6.92 Å². The van der Waals surface area contributed by atoms with Crippen LogP contribution in [0.2, 0.25) is 0 Å². The number of amides is 1. The first-order valence-corrected chi connectivity index (χ1v) is 9.31. The van der Waals surface area contributed by atoms with Gasteiger partial charge in [0, 0.05) is 75.9 Å². The summed E-state index contributed by atoms with van der Waals surface area (Å²) in [5.41, 5.74) is 2.20. The van der Waals surface area contributed by atoms with E-state index in [0.717, 1.165) is 62.6 Å². The lowest BCUT2D eigenvalue weighted by Crippen LogP contribution is -2.34. The van der Waals surface area contributed by atoms with Gasteiger partial charge in [-0.25, -0.2) is 9.97 Å². The Balaban J connectivity index is 1.69. The van der Waals surface area contributed by atoms with Gasteiger partial charge in [-0.3, -0.25) is 14.7 Å². The van der Waals surface area contributed by atoms with Crippen LogP contribution in [-0.2, 0) is 24.2 Å². The third-order valence-electron chi connectivity index (χ3n) is 4.83. The first kappa shape index (κ1) is 18.5. The Labute approximate surface area is 155 Å². The predicted octanol–water partition coefficient (Wildman–Crippen LogP) is 1.96. The van der Waals surface area contributed by atoms with Gasteiger partial charge in [0.1, 0.15) is 5.82 Å². The van der Waals surface area contributed by atoms with Crippen molar-refractivity contribution in [1.82, 2.24) is 24.8 Å². The minimum absolute atomic E-state index is 0.147. The summed E-state index contributed by atoms with van der Waals surface area (Å²) in [7, 11) is 0. The monoisotopic (exact) mass is 353 g/mol. The molecule has 1 amide bonds. The molecule has 0 N–H and O–H groups in total. The van der Waals surface area contributed by atoms with E-state index in [0.29, 0.717) is 5.92 Å². The average molecular weight is 353 g/mol. The molecule has 6 heteroatoms. The van der Waals surface area contributed by atoms with E-state index < -0.39 is 0 Å². The van der Waals surface area contributed by atoms with Crippen LogP contribution in [0.25, 0.3) is 0 Å². The summed E-state index contributed by atoms with van der Waals surface area (Å²) < 4.78 is 0. The quantitative estimate of drug-likeness (QED) is 0.822. The molecule has 1 aliphatic rings. The van der Waals surface area contributed by atoms with Crippen LogP contribution in [0.5, 0.6) is 0 Å². The van der Waals surface area contributed by atoms with E-state index in [1.165, 1.54) is 0 Å². The molecule has 1 aliphatic heterocycles. The molecule has 1 unspecified atom stereocenters. The summed E-state index contributed by atoms with van der Waals surface area (Å²) in [6, 6.07) is 6.02. The van der Waals surface area contributed by atoms with Crippen molar-refractivity contribution in [3.63, 3.8) is 0 Å². The molecule has 3 heterocycles. The molecule has 2 aromatic heterocycles. The van der Waals surface area contributed by atoms with Gasteiger partial charge in [-0.1, -0.05) is 13.0 Å². The van der Waals surface area contributed by atoms with Crippen molar-refractivity contribution in [3.05, 3.63) is 53.9 Å². The van der Waals surface area contributed by atoms with Gasteiger partial charge in [0.25, 0.3) is 0 Å². The highest BCUT2D eigenvalue weighted by atomic mass is 16.2. The third-order valence-corrected chi connectivity index (χ3v) is 4.83. The van der Waals surface area contributed by atoms with Crippen LogP contribution in [0.4, 0.5) is 0 Å². The van der Waals surface area contributed by atoms with Crippen LogP contribution in [0.15, 0.2) is 36.8 Å². The van der Waals surface area contributed by atoms with E-state index in [2.05, 4.69) is 32.8 Å². The molecular formula is C20H27N5O. The second-order valence-electron chi connectivity index (χ2n) is 6.95.